The number of piperidine rings is 1. The Kier molecular flexibility index (Phi) is 7.47. The van der Waals surface area contributed by atoms with Gasteiger partial charge in [-0.3, -0.25) is 24.9 Å². The first-order valence-electron chi connectivity index (χ1n) is 13.0. The lowest BCUT2D eigenvalue weighted by Crippen LogP contribution is -2.38. The number of nitrogens with zero attached hydrogens (tertiary/aromatic N) is 5. The number of carbonyl (C=O) groups excluding carboxylic acids is 2. The molecular formula is C29H26FN7O2S. The molecule has 2 saturated heterocycles. The molecule has 202 valence electrons. The fraction of sp³-hybridized carbons (Fsp3) is 0.241. The fourth-order valence-corrected chi connectivity index (χ4v) is 5.66. The highest BCUT2D eigenvalue weighted by atomic mass is 32.2. The number of pyridine rings is 2. The maximum absolute atomic E-state index is 14.5. The van der Waals surface area contributed by atoms with Crippen LogP contribution in [0.5, 0.6) is 0 Å². The molecule has 0 aliphatic carbocycles. The summed E-state index contributed by atoms with van der Waals surface area (Å²) in [5, 5.41) is 7.31. The summed E-state index contributed by atoms with van der Waals surface area (Å²) in [5.74, 6) is 0.342. The van der Waals surface area contributed by atoms with Crippen LogP contribution in [-0.4, -0.2) is 50.7 Å². The van der Waals surface area contributed by atoms with Gasteiger partial charge in [0.15, 0.2) is 0 Å². The molecule has 0 radical (unpaired) electrons. The van der Waals surface area contributed by atoms with E-state index in [1.54, 1.807) is 30.7 Å². The summed E-state index contributed by atoms with van der Waals surface area (Å²) in [6.45, 7) is 2.87. The predicted molar refractivity (Wildman–Crippen MR) is 153 cm³/mol. The molecule has 2 N–H and O–H groups in total. The van der Waals surface area contributed by atoms with Crippen LogP contribution in [0.25, 0.3) is 28.1 Å². The summed E-state index contributed by atoms with van der Waals surface area (Å²) in [6.07, 6.45) is 8.71. The summed E-state index contributed by atoms with van der Waals surface area (Å²) in [4.78, 5) is 43.7. The molecule has 3 aromatic heterocycles. The smallest absolute Gasteiger partial charge is 0.290 e. The number of rotatable bonds is 7. The Morgan fingerprint density at radius 1 is 1.10 bits per heavy atom. The molecule has 0 saturated carbocycles. The predicted octanol–water partition coefficient (Wildman–Crippen LogP) is 4.56. The van der Waals surface area contributed by atoms with E-state index in [0.29, 0.717) is 40.4 Å². The van der Waals surface area contributed by atoms with E-state index in [1.165, 1.54) is 12.1 Å². The van der Waals surface area contributed by atoms with Crippen molar-refractivity contribution in [1.82, 2.24) is 30.6 Å². The van der Waals surface area contributed by atoms with Crippen LogP contribution >= 0.6 is 11.8 Å². The first kappa shape index (κ1) is 26.0. The van der Waals surface area contributed by atoms with Crippen LogP contribution in [0.4, 0.5) is 15.1 Å². The molecule has 0 atom stereocenters. The quantitative estimate of drug-likeness (QED) is 0.317. The van der Waals surface area contributed by atoms with Crippen molar-refractivity contribution in [1.29, 1.82) is 0 Å². The van der Waals surface area contributed by atoms with Crippen molar-refractivity contribution < 1.29 is 14.0 Å². The minimum Gasteiger partial charge on any atom is -0.341 e. The minimum absolute atomic E-state index is 0.320. The standard InChI is InChI=1S/C29H26FN7O2S/c30-20-11-22(34-25(12-20)24-17-32-15-19-3-1-2-4-23(19)24)16-31-14-18-6-9-37(10-7-18)28-33-8-5-21(35-28)13-26-27(38)36-29(39)40-26/h1-5,8,11-13,15,17-18,31H,6-7,9-10,14,16H2,(H,36,38,39)/b26-13+. The van der Waals surface area contributed by atoms with Crippen molar-refractivity contribution in [2.75, 3.05) is 24.5 Å². The van der Waals surface area contributed by atoms with Gasteiger partial charge in [-0.25, -0.2) is 14.4 Å². The third kappa shape index (κ3) is 5.85. The number of benzene rings is 1. The van der Waals surface area contributed by atoms with Crippen molar-refractivity contribution in [2.24, 2.45) is 5.92 Å². The second-order valence-corrected chi connectivity index (χ2v) is 10.8. The van der Waals surface area contributed by atoms with Gasteiger partial charge in [-0.2, -0.15) is 0 Å². The van der Waals surface area contributed by atoms with Gasteiger partial charge < -0.3 is 10.2 Å². The number of hydrogen-bond acceptors (Lipinski definition) is 9. The molecule has 6 rings (SSSR count). The van der Waals surface area contributed by atoms with Gasteiger partial charge >= 0.3 is 0 Å². The first-order valence-corrected chi connectivity index (χ1v) is 13.9. The van der Waals surface area contributed by atoms with Crippen LogP contribution in [0.1, 0.15) is 24.2 Å². The van der Waals surface area contributed by atoms with E-state index in [1.807, 2.05) is 24.3 Å². The number of anilines is 1. The average molecular weight is 556 g/mol. The molecule has 1 aromatic carbocycles. The first-order chi connectivity index (χ1) is 19.5. The highest BCUT2D eigenvalue weighted by Gasteiger charge is 2.26. The Balaban J connectivity index is 1.04. The number of imide groups is 1. The van der Waals surface area contributed by atoms with Gasteiger partial charge in [0.25, 0.3) is 11.1 Å². The van der Waals surface area contributed by atoms with E-state index in [9.17, 15) is 14.0 Å². The monoisotopic (exact) mass is 555 g/mol. The fourth-order valence-electron chi connectivity index (χ4n) is 4.99. The van der Waals surface area contributed by atoms with Crippen molar-refractivity contribution in [2.45, 2.75) is 19.4 Å². The Bertz CT molecular complexity index is 1620. The van der Waals surface area contributed by atoms with Crippen LogP contribution in [0, 0.1) is 11.7 Å². The summed E-state index contributed by atoms with van der Waals surface area (Å²) in [6, 6.07) is 12.5. The van der Waals surface area contributed by atoms with Gasteiger partial charge in [0.1, 0.15) is 5.82 Å². The molecule has 9 nitrogen and oxygen atoms in total. The largest absolute Gasteiger partial charge is 0.341 e. The molecule has 40 heavy (non-hydrogen) atoms. The zero-order chi connectivity index (χ0) is 27.5. The van der Waals surface area contributed by atoms with Crippen molar-refractivity contribution in [3.05, 3.63) is 83.2 Å². The normalized spacial score (nSPS) is 17.1. The second kappa shape index (κ2) is 11.5. The number of aromatic nitrogens is 4. The molecule has 0 spiro atoms. The lowest BCUT2D eigenvalue weighted by atomic mass is 9.97. The molecule has 2 fully saturated rings. The van der Waals surface area contributed by atoms with Gasteiger partial charge in [0.05, 0.1) is 22.0 Å². The molecule has 2 aliphatic heterocycles. The number of thioether (sulfide) groups is 1. The van der Waals surface area contributed by atoms with E-state index in [-0.39, 0.29) is 11.1 Å². The topological polar surface area (TPSA) is 113 Å². The summed E-state index contributed by atoms with van der Waals surface area (Å²) in [7, 11) is 0. The average Bonchev–Trinajstić information content (AvgIpc) is 3.28. The Hall–Kier alpha value is -4.22. The van der Waals surface area contributed by atoms with Crippen LogP contribution in [0.15, 0.2) is 66.0 Å². The van der Waals surface area contributed by atoms with Crippen LogP contribution in [0.3, 0.4) is 0 Å². The van der Waals surface area contributed by atoms with Gasteiger partial charge in [-0.15, -0.1) is 0 Å². The Labute approximate surface area is 234 Å². The van der Waals surface area contributed by atoms with Crippen LogP contribution in [-0.2, 0) is 11.3 Å². The van der Waals surface area contributed by atoms with E-state index in [0.717, 1.165) is 60.6 Å². The zero-order valence-electron chi connectivity index (χ0n) is 21.5. The Morgan fingerprint density at radius 2 is 1.95 bits per heavy atom. The highest BCUT2D eigenvalue weighted by Crippen LogP contribution is 2.28. The molecule has 0 unspecified atom stereocenters. The molecule has 5 heterocycles. The molecule has 11 heteroatoms. The SMILES string of the molecule is O=C1NC(=O)/C(=C\c2ccnc(N3CCC(CNCc4cc(F)cc(-c5cncc6ccccc56)n4)CC3)n2)S1. The van der Waals surface area contributed by atoms with Gasteiger partial charge in [-0.05, 0) is 60.7 Å². The summed E-state index contributed by atoms with van der Waals surface area (Å²) in [5.41, 5.74) is 2.62. The van der Waals surface area contributed by atoms with E-state index in [4.69, 9.17) is 4.98 Å². The zero-order valence-corrected chi connectivity index (χ0v) is 22.3. The van der Waals surface area contributed by atoms with E-state index < -0.39 is 5.91 Å². The second-order valence-electron chi connectivity index (χ2n) is 9.77. The van der Waals surface area contributed by atoms with Crippen molar-refractivity contribution in [3.63, 3.8) is 0 Å². The molecule has 2 amide bonds. The van der Waals surface area contributed by atoms with Gasteiger partial charge in [0.2, 0.25) is 5.95 Å². The summed E-state index contributed by atoms with van der Waals surface area (Å²) < 4.78 is 14.5. The number of fused-ring (bicyclic) bond motifs is 1. The van der Waals surface area contributed by atoms with E-state index in [2.05, 4.69) is 30.5 Å². The van der Waals surface area contributed by atoms with Crippen molar-refractivity contribution >= 4 is 45.7 Å². The van der Waals surface area contributed by atoms with Crippen LogP contribution in [0.2, 0.25) is 0 Å². The molecular weight excluding hydrogens is 529 g/mol. The highest BCUT2D eigenvalue weighted by molar-refractivity contribution is 8.18. The number of nitrogens with one attached hydrogen (secondary N) is 2. The van der Waals surface area contributed by atoms with Gasteiger partial charge in [-0.1, -0.05) is 24.3 Å². The maximum Gasteiger partial charge on any atom is 0.290 e. The number of halogens is 1. The molecule has 2 aliphatic rings. The number of amides is 2. The van der Waals surface area contributed by atoms with Crippen LogP contribution < -0.4 is 15.5 Å². The Morgan fingerprint density at radius 3 is 2.77 bits per heavy atom. The summed E-state index contributed by atoms with van der Waals surface area (Å²) >= 11 is 0.869. The third-order valence-corrected chi connectivity index (χ3v) is 7.82. The molecule has 0 bridgehead atoms. The lowest BCUT2D eigenvalue weighted by molar-refractivity contribution is -0.115. The van der Waals surface area contributed by atoms with Gasteiger partial charge in [0, 0.05) is 55.2 Å². The number of hydrogen-bond donors (Lipinski definition) is 2. The minimum atomic E-state index is -0.404. The lowest BCUT2D eigenvalue weighted by Gasteiger charge is -2.32. The van der Waals surface area contributed by atoms with Crippen molar-refractivity contribution in [3.8, 4) is 11.3 Å². The third-order valence-electron chi connectivity index (χ3n) is 7.01. The van der Waals surface area contributed by atoms with E-state index >= 15 is 0 Å². The maximum atomic E-state index is 14.5. The molecule has 4 aromatic rings. The number of carbonyl (C=O) groups is 2.